The Morgan fingerprint density at radius 2 is 2.20 bits per heavy atom. The predicted molar refractivity (Wildman–Crippen MR) is 94.7 cm³/mol. The minimum Gasteiger partial charge on any atom is -0.452 e. The third kappa shape index (κ3) is 4.32. The molecule has 2 aromatic heterocycles. The van der Waals surface area contributed by atoms with Gasteiger partial charge in [0.2, 0.25) is 8.30 Å². The summed E-state index contributed by atoms with van der Waals surface area (Å²) in [6.07, 6.45) is 4.69. The topological polar surface area (TPSA) is 69.0 Å². The molecule has 0 aliphatic heterocycles. The smallest absolute Gasteiger partial charge is 0.274 e. The molecule has 0 spiro atoms. The van der Waals surface area contributed by atoms with Crippen molar-refractivity contribution in [2.45, 2.75) is 0 Å². The van der Waals surface area contributed by atoms with Crippen LogP contribution >= 0.6 is 19.9 Å². The molecular weight excluding hydrogens is 366 g/mol. The third-order valence-corrected chi connectivity index (χ3v) is 4.72. The van der Waals surface area contributed by atoms with Gasteiger partial charge in [0.1, 0.15) is 17.3 Å². The van der Waals surface area contributed by atoms with E-state index >= 15 is 0 Å². The zero-order chi connectivity index (χ0) is 17.8. The predicted octanol–water partition coefficient (Wildman–Crippen LogP) is 4.19. The average molecular weight is 379 g/mol. The van der Waals surface area contributed by atoms with Crippen LogP contribution in [0.5, 0.6) is 5.75 Å². The van der Waals surface area contributed by atoms with E-state index in [4.69, 9.17) is 16.1 Å². The minimum absolute atomic E-state index is 0.0337. The average Bonchev–Trinajstić information content (AvgIpc) is 3.07. The highest BCUT2D eigenvalue weighted by Gasteiger charge is 2.13. The third-order valence-electron chi connectivity index (χ3n) is 3.14. The molecule has 1 unspecified atom stereocenters. The number of halogens is 2. The maximum absolute atomic E-state index is 13.5. The number of benzene rings is 1. The Morgan fingerprint density at radius 1 is 1.36 bits per heavy atom. The van der Waals surface area contributed by atoms with Gasteiger partial charge < -0.3 is 9.84 Å². The number of carbonyl (C=O) groups excluding carboxylic acids is 1. The molecule has 0 aliphatic carbocycles. The lowest BCUT2D eigenvalue weighted by Crippen LogP contribution is -2.12. The van der Waals surface area contributed by atoms with Crippen molar-refractivity contribution >= 4 is 31.5 Å². The van der Waals surface area contributed by atoms with Crippen LogP contribution in [0.2, 0.25) is 5.02 Å². The Bertz CT molecular complexity index is 891. The van der Waals surface area contributed by atoms with Crippen LogP contribution in [0.1, 0.15) is 10.5 Å². The highest BCUT2D eigenvalue weighted by molar-refractivity contribution is 7.50. The van der Waals surface area contributed by atoms with E-state index in [1.807, 2.05) is 0 Å². The number of hydrogen-bond donors (Lipinski definition) is 1. The van der Waals surface area contributed by atoms with Crippen molar-refractivity contribution in [2.75, 3.05) is 12.0 Å². The van der Waals surface area contributed by atoms with Gasteiger partial charge in [0.05, 0.1) is 23.1 Å². The summed E-state index contributed by atoms with van der Waals surface area (Å²) in [5.74, 6) is -0.530. The van der Waals surface area contributed by atoms with E-state index < -0.39 is 14.1 Å². The van der Waals surface area contributed by atoms with Gasteiger partial charge in [-0.05, 0) is 24.3 Å². The summed E-state index contributed by atoms with van der Waals surface area (Å²) in [5.41, 5.74) is 0.817. The van der Waals surface area contributed by atoms with Crippen molar-refractivity contribution in [3.63, 3.8) is 0 Å². The fraction of sp³-hybridized carbons (Fsp3) is 0.0625. The molecule has 3 rings (SSSR count). The zero-order valence-corrected chi connectivity index (χ0v) is 14.7. The molecule has 0 saturated heterocycles. The van der Waals surface area contributed by atoms with Crippen LogP contribution in [-0.2, 0) is 0 Å². The summed E-state index contributed by atoms with van der Waals surface area (Å²) in [6.45, 7) is 1.80. The normalized spacial score (nSPS) is 11.8. The Kier molecular flexibility index (Phi) is 5.26. The fourth-order valence-corrected chi connectivity index (χ4v) is 3.06. The van der Waals surface area contributed by atoms with Crippen molar-refractivity contribution in [1.29, 1.82) is 0 Å². The Hall–Kier alpha value is -2.50. The van der Waals surface area contributed by atoms with Gasteiger partial charge in [-0.2, -0.15) is 5.10 Å². The maximum atomic E-state index is 13.5. The summed E-state index contributed by atoms with van der Waals surface area (Å²) < 4.78 is 20.7. The standard InChI is InChI=1S/C16H13ClFN4O2P/c1-25(24-12-5-6-13(17)14(18)8-12)22-10-11(9-20-22)21-16(23)15-4-2-3-7-19-15/h2-10H,1H3,(H,21,23). The van der Waals surface area contributed by atoms with Gasteiger partial charge in [-0.3, -0.25) is 9.78 Å². The van der Waals surface area contributed by atoms with Crippen LogP contribution in [0.3, 0.4) is 0 Å². The molecule has 1 N–H and O–H groups in total. The number of amides is 1. The molecule has 0 fully saturated rings. The second-order valence-electron chi connectivity index (χ2n) is 4.95. The summed E-state index contributed by atoms with van der Waals surface area (Å²) in [6, 6.07) is 9.30. The van der Waals surface area contributed by atoms with Crippen molar-refractivity contribution < 1.29 is 13.7 Å². The van der Waals surface area contributed by atoms with E-state index in [0.717, 1.165) is 0 Å². The monoisotopic (exact) mass is 378 g/mol. The lowest BCUT2D eigenvalue weighted by Gasteiger charge is -2.13. The number of nitrogens with one attached hydrogen (secondary N) is 1. The zero-order valence-electron chi connectivity index (χ0n) is 13.1. The van der Waals surface area contributed by atoms with Crippen LogP contribution in [0.4, 0.5) is 10.1 Å². The molecule has 2 heterocycles. The van der Waals surface area contributed by atoms with Gasteiger partial charge in [0.25, 0.3) is 5.91 Å². The van der Waals surface area contributed by atoms with Crippen molar-refractivity contribution in [3.05, 3.63) is 71.5 Å². The largest absolute Gasteiger partial charge is 0.452 e. The second-order valence-corrected chi connectivity index (χ2v) is 6.88. The van der Waals surface area contributed by atoms with E-state index in [-0.39, 0.29) is 10.9 Å². The Morgan fingerprint density at radius 3 is 2.92 bits per heavy atom. The Balaban J connectivity index is 1.66. The number of carbonyl (C=O) groups is 1. The summed E-state index contributed by atoms with van der Waals surface area (Å²) in [4.78, 5) is 16.0. The molecule has 3 aromatic rings. The highest BCUT2D eigenvalue weighted by Crippen LogP contribution is 2.36. The van der Waals surface area contributed by atoms with Crippen LogP contribution in [-0.4, -0.2) is 27.1 Å². The first-order valence-electron chi connectivity index (χ1n) is 7.17. The summed E-state index contributed by atoms with van der Waals surface area (Å²) in [5, 5.41) is 6.90. The second kappa shape index (κ2) is 7.59. The lowest BCUT2D eigenvalue weighted by molar-refractivity contribution is 0.102. The van der Waals surface area contributed by atoms with Crippen molar-refractivity contribution in [1.82, 2.24) is 14.5 Å². The number of hydrogen-bond acceptors (Lipinski definition) is 4. The molecule has 1 amide bonds. The van der Waals surface area contributed by atoms with Gasteiger partial charge in [-0.1, -0.05) is 17.7 Å². The SMILES string of the molecule is CP(Oc1ccc(Cl)c(F)c1)n1cc(NC(=O)c2ccccn2)cn1. The Labute approximate surface area is 149 Å². The first-order chi connectivity index (χ1) is 12.0. The van der Waals surface area contributed by atoms with Crippen molar-refractivity contribution in [3.8, 4) is 5.75 Å². The molecule has 9 heteroatoms. The van der Waals surface area contributed by atoms with E-state index in [2.05, 4.69) is 15.4 Å². The summed E-state index contributed by atoms with van der Waals surface area (Å²) >= 11 is 5.65. The summed E-state index contributed by atoms with van der Waals surface area (Å²) in [7, 11) is -1.20. The molecule has 25 heavy (non-hydrogen) atoms. The molecule has 6 nitrogen and oxygen atoms in total. The molecule has 1 aromatic carbocycles. The maximum Gasteiger partial charge on any atom is 0.274 e. The number of aromatic nitrogens is 3. The number of rotatable bonds is 5. The first kappa shape index (κ1) is 17.3. The molecule has 0 radical (unpaired) electrons. The number of pyridine rings is 1. The highest BCUT2D eigenvalue weighted by atomic mass is 35.5. The van der Waals surface area contributed by atoms with E-state index in [1.165, 1.54) is 18.3 Å². The van der Waals surface area contributed by atoms with E-state index in [9.17, 15) is 9.18 Å². The van der Waals surface area contributed by atoms with Gasteiger partial charge in [0.15, 0.2) is 0 Å². The van der Waals surface area contributed by atoms with Gasteiger partial charge in [0, 0.05) is 18.9 Å². The number of anilines is 1. The van der Waals surface area contributed by atoms with Crippen LogP contribution in [0, 0.1) is 5.82 Å². The molecule has 0 bridgehead atoms. The van der Waals surface area contributed by atoms with Crippen LogP contribution < -0.4 is 9.84 Å². The van der Waals surface area contributed by atoms with Gasteiger partial charge in [-0.15, -0.1) is 0 Å². The van der Waals surface area contributed by atoms with Crippen molar-refractivity contribution in [2.24, 2.45) is 0 Å². The van der Waals surface area contributed by atoms with Crippen LogP contribution in [0.25, 0.3) is 0 Å². The number of nitrogens with zero attached hydrogens (tertiary/aromatic N) is 3. The van der Waals surface area contributed by atoms with Gasteiger partial charge in [-0.25, -0.2) is 8.84 Å². The molecule has 128 valence electrons. The van der Waals surface area contributed by atoms with Crippen LogP contribution in [0.15, 0.2) is 55.0 Å². The molecular formula is C16H13ClFN4O2P. The molecule has 1 atom stereocenters. The fourth-order valence-electron chi connectivity index (χ4n) is 1.95. The lowest BCUT2D eigenvalue weighted by atomic mass is 10.3. The van der Waals surface area contributed by atoms with E-state index in [0.29, 0.717) is 17.1 Å². The molecule has 0 saturated carbocycles. The quantitative estimate of drug-likeness (QED) is 0.676. The van der Waals surface area contributed by atoms with Gasteiger partial charge >= 0.3 is 0 Å². The minimum atomic E-state index is -1.20. The molecule has 0 aliphatic rings. The van der Waals surface area contributed by atoms with E-state index in [1.54, 1.807) is 47.8 Å². The first-order valence-corrected chi connectivity index (χ1v) is 9.21.